The number of carbonyl (C=O) groups is 2. The van der Waals surface area contributed by atoms with Crippen molar-refractivity contribution < 1.29 is 18.7 Å². The Morgan fingerprint density at radius 2 is 1.88 bits per heavy atom. The number of hydrogen-bond donors (Lipinski definition) is 1. The number of benzene rings is 2. The number of carbonyl (C=O) groups excluding carboxylic acids is 2. The first kappa shape index (κ1) is 17.9. The van der Waals surface area contributed by atoms with E-state index in [2.05, 4.69) is 5.32 Å². The van der Waals surface area contributed by atoms with Crippen molar-refractivity contribution in [2.75, 3.05) is 5.32 Å². The van der Waals surface area contributed by atoms with Crippen LogP contribution >= 0.6 is 11.6 Å². The second-order valence-electron chi connectivity index (χ2n) is 5.21. The number of ether oxygens (including phenoxy) is 1. The highest BCUT2D eigenvalue weighted by Crippen LogP contribution is 2.19. The van der Waals surface area contributed by atoms with Crippen LogP contribution in [0.15, 0.2) is 42.5 Å². The molecule has 0 saturated heterocycles. The number of aryl methyl sites for hydroxylation is 1. The molecule has 0 bridgehead atoms. The molecule has 2 aromatic rings. The van der Waals surface area contributed by atoms with E-state index < -0.39 is 23.8 Å². The minimum Gasteiger partial charge on any atom is -0.449 e. The second-order valence-corrected chi connectivity index (χ2v) is 5.62. The maximum Gasteiger partial charge on any atom is 0.340 e. The molecule has 4 nitrogen and oxygen atoms in total. The van der Waals surface area contributed by atoms with Crippen molar-refractivity contribution in [1.29, 1.82) is 0 Å². The molecule has 0 unspecified atom stereocenters. The number of anilines is 1. The van der Waals surface area contributed by atoms with E-state index in [9.17, 15) is 14.0 Å². The number of esters is 1. The van der Waals surface area contributed by atoms with Crippen molar-refractivity contribution in [3.05, 3.63) is 64.4 Å². The van der Waals surface area contributed by atoms with Gasteiger partial charge in [0.25, 0.3) is 5.91 Å². The van der Waals surface area contributed by atoms with Crippen molar-refractivity contribution in [3.63, 3.8) is 0 Å². The summed E-state index contributed by atoms with van der Waals surface area (Å²) in [6.07, 6.45) is -0.120. The number of halogens is 2. The van der Waals surface area contributed by atoms with E-state index in [1.54, 1.807) is 12.1 Å². The standard InChI is InChI=1S/C18H17ClFNO3/c1-3-12-4-7-14(8-5-12)21-17(22)11(2)24-18(23)15-9-6-13(20)10-16(15)19/h4-11H,3H2,1-2H3,(H,21,22)/t11-/m0/s1. The molecule has 24 heavy (non-hydrogen) atoms. The maximum atomic E-state index is 13.0. The summed E-state index contributed by atoms with van der Waals surface area (Å²) in [6, 6.07) is 10.7. The van der Waals surface area contributed by atoms with Crippen molar-refractivity contribution >= 4 is 29.2 Å². The van der Waals surface area contributed by atoms with E-state index in [0.717, 1.165) is 24.1 Å². The summed E-state index contributed by atoms with van der Waals surface area (Å²) in [5.41, 5.74) is 1.77. The first-order chi connectivity index (χ1) is 11.4. The summed E-state index contributed by atoms with van der Waals surface area (Å²) in [4.78, 5) is 24.1. The lowest BCUT2D eigenvalue weighted by atomic mass is 10.1. The Hall–Kier alpha value is -2.40. The lowest BCUT2D eigenvalue weighted by molar-refractivity contribution is -0.123. The molecule has 0 fully saturated rings. The van der Waals surface area contributed by atoms with Gasteiger partial charge in [0.2, 0.25) is 0 Å². The van der Waals surface area contributed by atoms with Crippen LogP contribution in [0.2, 0.25) is 5.02 Å². The first-order valence-corrected chi connectivity index (χ1v) is 7.84. The molecule has 2 aromatic carbocycles. The van der Waals surface area contributed by atoms with Crippen LogP contribution in [0.1, 0.15) is 29.8 Å². The fourth-order valence-corrected chi connectivity index (χ4v) is 2.24. The topological polar surface area (TPSA) is 55.4 Å². The van der Waals surface area contributed by atoms with Gasteiger partial charge in [-0.3, -0.25) is 4.79 Å². The lowest BCUT2D eigenvalue weighted by Crippen LogP contribution is -2.30. The van der Waals surface area contributed by atoms with Crippen LogP contribution in [0.3, 0.4) is 0 Å². The van der Waals surface area contributed by atoms with Gasteiger partial charge in [0.15, 0.2) is 6.10 Å². The van der Waals surface area contributed by atoms with Crippen molar-refractivity contribution in [2.24, 2.45) is 0 Å². The van der Waals surface area contributed by atoms with Crippen molar-refractivity contribution in [1.82, 2.24) is 0 Å². The van der Waals surface area contributed by atoms with Gasteiger partial charge in [0, 0.05) is 5.69 Å². The van der Waals surface area contributed by atoms with E-state index in [0.29, 0.717) is 5.69 Å². The minimum absolute atomic E-state index is 0.00464. The summed E-state index contributed by atoms with van der Waals surface area (Å²) in [5, 5.41) is 2.60. The molecule has 1 atom stereocenters. The molecule has 126 valence electrons. The van der Waals surface area contributed by atoms with E-state index in [-0.39, 0.29) is 10.6 Å². The highest BCUT2D eigenvalue weighted by molar-refractivity contribution is 6.33. The monoisotopic (exact) mass is 349 g/mol. The van der Waals surface area contributed by atoms with Crippen molar-refractivity contribution in [3.8, 4) is 0 Å². The van der Waals surface area contributed by atoms with Gasteiger partial charge in [-0.15, -0.1) is 0 Å². The fourth-order valence-electron chi connectivity index (χ4n) is 2.00. The molecule has 0 heterocycles. The van der Waals surface area contributed by atoms with Gasteiger partial charge < -0.3 is 10.1 Å². The Bertz CT molecular complexity index is 746. The number of hydrogen-bond acceptors (Lipinski definition) is 3. The molecular weight excluding hydrogens is 333 g/mol. The third-order valence-electron chi connectivity index (χ3n) is 3.43. The Morgan fingerprint density at radius 1 is 1.21 bits per heavy atom. The maximum absolute atomic E-state index is 13.0. The summed E-state index contributed by atoms with van der Waals surface area (Å²) >= 11 is 5.80. The van der Waals surface area contributed by atoms with Gasteiger partial charge in [-0.25, -0.2) is 9.18 Å². The quantitative estimate of drug-likeness (QED) is 0.822. The summed E-state index contributed by atoms with van der Waals surface area (Å²) in [5.74, 6) is -1.81. The lowest BCUT2D eigenvalue weighted by Gasteiger charge is -2.14. The molecule has 6 heteroatoms. The molecule has 1 N–H and O–H groups in total. The van der Waals surface area contributed by atoms with Gasteiger partial charge in [-0.05, 0) is 49.2 Å². The van der Waals surface area contributed by atoms with Crippen LogP contribution in [-0.2, 0) is 16.0 Å². The van der Waals surface area contributed by atoms with Crippen LogP contribution in [0.25, 0.3) is 0 Å². The largest absolute Gasteiger partial charge is 0.449 e. The number of rotatable bonds is 5. The Balaban J connectivity index is 1.98. The minimum atomic E-state index is -1.02. The molecule has 0 aliphatic carbocycles. The van der Waals surface area contributed by atoms with Crippen molar-refractivity contribution in [2.45, 2.75) is 26.4 Å². The average molecular weight is 350 g/mol. The molecule has 0 aliphatic heterocycles. The molecule has 0 spiro atoms. The van der Waals surface area contributed by atoms with Crippen LogP contribution in [0.5, 0.6) is 0 Å². The zero-order chi connectivity index (χ0) is 17.7. The van der Waals surface area contributed by atoms with Gasteiger partial charge >= 0.3 is 5.97 Å². The molecule has 0 aliphatic rings. The van der Waals surface area contributed by atoms with E-state index in [4.69, 9.17) is 16.3 Å². The zero-order valence-corrected chi connectivity index (χ0v) is 14.1. The third kappa shape index (κ3) is 4.55. The molecule has 0 radical (unpaired) electrons. The third-order valence-corrected chi connectivity index (χ3v) is 3.75. The smallest absolute Gasteiger partial charge is 0.340 e. The highest BCUT2D eigenvalue weighted by Gasteiger charge is 2.21. The molecule has 0 aromatic heterocycles. The SMILES string of the molecule is CCc1ccc(NC(=O)[C@H](C)OC(=O)c2ccc(F)cc2Cl)cc1. The second kappa shape index (κ2) is 7.93. The molecule has 1 amide bonds. The van der Waals surface area contributed by atoms with Gasteiger partial charge in [0.1, 0.15) is 5.82 Å². The van der Waals surface area contributed by atoms with Gasteiger partial charge in [-0.1, -0.05) is 30.7 Å². The van der Waals surface area contributed by atoms with Gasteiger partial charge in [-0.2, -0.15) is 0 Å². The van der Waals surface area contributed by atoms with E-state index in [1.807, 2.05) is 19.1 Å². The number of amides is 1. The summed E-state index contributed by atoms with van der Waals surface area (Å²) < 4.78 is 18.1. The highest BCUT2D eigenvalue weighted by atomic mass is 35.5. The summed E-state index contributed by atoms with van der Waals surface area (Å²) in [7, 11) is 0. The van der Waals surface area contributed by atoms with E-state index >= 15 is 0 Å². The molecular formula is C18H17ClFNO3. The molecule has 0 saturated carbocycles. The Labute approximate surface area is 144 Å². The normalized spacial score (nSPS) is 11.7. The molecule has 2 rings (SSSR count). The van der Waals surface area contributed by atoms with Crippen LogP contribution in [0, 0.1) is 5.82 Å². The van der Waals surface area contributed by atoms with Gasteiger partial charge in [0.05, 0.1) is 10.6 Å². The summed E-state index contributed by atoms with van der Waals surface area (Å²) in [6.45, 7) is 3.49. The first-order valence-electron chi connectivity index (χ1n) is 7.46. The Morgan fingerprint density at radius 3 is 2.46 bits per heavy atom. The predicted molar refractivity (Wildman–Crippen MR) is 90.7 cm³/mol. The van der Waals surface area contributed by atoms with Crippen LogP contribution < -0.4 is 5.32 Å². The van der Waals surface area contributed by atoms with E-state index in [1.165, 1.54) is 13.0 Å². The average Bonchev–Trinajstić information content (AvgIpc) is 2.55. The zero-order valence-electron chi connectivity index (χ0n) is 13.3. The van der Waals surface area contributed by atoms with Crippen LogP contribution in [0.4, 0.5) is 10.1 Å². The number of nitrogens with one attached hydrogen (secondary N) is 1. The van der Waals surface area contributed by atoms with Crippen LogP contribution in [-0.4, -0.2) is 18.0 Å². The Kier molecular flexibility index (Phi) is 5.93. The predicted octanol–water partition coefficient (Wildman–Crippen LogP) is 4.23. The fraction of sp³-hybridized carbons (Fsp3) is 0.222.